The largest absolute Gasteiger partial charge is 0.486 e. The molecular weight excluding hydrogens is 444 g/mol. The molecule has 0 radical (unpaired) electrons. The number of benzene rings is 2. The van der Waals surface area contributed by atoms with E-state index in [0.29, 0.717) is 30.9 Å². The number of carbonyl (C=O) groups excluding carboxylic acids is 1. The fourth-order valence-electron chi connectivity index (χ4n) is 5.06. The van der Waals surface area contributed by atoms with Crippen LogP contribution in [0.25, 0.3) is 11.3 Å². The Bertz CT molecular complexity index is 1130. The van der Waals surface area contributed by atoms with Crippen LogP contribution in [0.2, 0.25) is 0 Å². The summed E-state index contributed by atoms with van der Waals surface area (Å²) in [5.74, 6) is 2.85. The number of nitrogens with zero attached hydrogens (tertiary/aromatic N) is 1. The Hall–Kier alpha value is -3.48. The summed E-state index contributed by atoms with van der Waals surface area (Å²) in [6, 6.07) is 18.2. The lowest BCUT2D eigenvalue weighted by molar-refractivity contribution is -0.148. The topological polar surface area (TPSA) is 82.7 Å². The monoisotopic (exact) mass is 476 g/mol. The smallest absolute Gasteiger partial charge is 0.302 e. The first kappa shape index (κ1) is 23.3. The van der Waals surface area contributed by atoms with Gasteiger partial charge in [-0.3, -0.25) is 9.89 Å². The molecule has 35 heavy (non-hydrogen) atoms. The molecule has 184 valence electrons. The van der Waals surface area contributed by atoms with Gasteiger partial charge < -0.3 is 18.9 Å². The Labute approximate surface area is 205 Å². The summed E-state index contributed by atoms with van der Waals surface area (Å²) in [7, 11) is 0. The van der Waals surface area contributed by atoms with Gasteiger partial charge >= 0.3 is 5.97 Å². The zero-order chi connectivity index (χ0) is 24.2. The zero-order valence-electron chi connectivity index (χ0n) is 20.2. The number of para-hydroxylation sites is 2. The van der Waals surface area contributed by atoms with Gasteiger partial charge in [0.25, 0.3) is 0 Å². The SMILES string of the molecule is CC(=O)OC(C)C1CCC(c2ccc(-c3cc(OCC4COc5ccccc5O4)n[nH]3)cc2)CC1. The van der Waals surface area contributed by atoms with Gasteiger partial charge in [-0.15, -0.1) is 5.10 Å². The molecule has 2 unspecified atom stereocenters. The molecule has 1 aliphatic heterocycles. The van der Waals surface area contributed by atoms with Crippen molar-refractivity contribution in [3.05, 3.63) is 60.2 Å². The lowest BCUT2D eigenvalue weighted by Gasteiger charge is -2.32. The Balaban J connectivity index is 1.12. The van der Waals surface area contributed by atoms with E-state index in [-0.39, 0.29) is 18.2 Å². The third kappa shape index (κ3) is 5.61. The summed E-state index contributed by atoms with van der Waals surface area (Å²) in [6.45, 7) is 4.30. The van der Waals surface area contributed by atoms with E-state index in [0.717, 1.165) is 48.4 Å². The minimum Gasteiger partial charge on any atom is -0.486 e. The molecule has 3 aromatic rings. The molecule has 0 amide bonds. The number of hydrogen-bond acceptors (Lipinski definition) is 6. The van der Waals surface area contributed by atoms with Crippen LogP contribution >= 0.6 is 0 Å². The van der Waals surface area contributed by atoms with Crippen LogP contribution in [0, 0.1) is 5.92 Å². The second-order valence-corrected chi connectivity index (χ2v) is 9.48. The Morgan fingerprint density at radius 2 is 1.83 bits per heavy atom. The first-order valence-electron chi connectivity index (χ1n) is 12.4. The molecule has 1 N–H and O–H groups in total. The van der Waals surface area contributed by atoms with Crippen molar-refractivity contribution >= 4 is 5.97 Å². The molecule has 0 spiro atoms. The summed E-state index contributed by atoms with van der Waals surface area (Å²) in [6.07, 6.45) is 4.23. The molecule has 1 saturated carbocycles. The number of esters is 1. The van der Waals surface area contributed by atoms with Gasteiger partial charge in [0.15, 0.2) is 17.6 Å². The predicted molar refractivity (Wildman–Crippen MR) is 132 cm³/mol. The molecule has 2 atom stereocenters. The summed E-state index contributed by atoms with van der Waals surface area (Å²) in [5, 5.41) is 7.37. The summed E-state index contributed by atoms with van der Waals surface area (Å²) in [4.78, 5) is 11.2. The van der Waals surface area contributed by atoms with E-state index in [1.165, 1.54) is 12.5 Å². The fraction of sp³-hybridized carbons (Fsp3) is 0.429. The van der Waals surface area contributed by atoms with E-state index in [2.05, 4.69) is 34.5 Å². The van der Waals surface area contributed by atoms with E-state index in [4.69, 9.17) is 18.9 Å². The van der Waals surface area contributed by atoms with Gasteiger partial charge in [-0.1, -0.05) is 36.4 Å². The van der Waals surface area contributed by atoms with Crippen molar-refractivity contribution in [2.24, 2.45) is 5.92 Å². The number of aromatic amines is 1. The number of fused-ring (bicyclic) bond motifs is 1. The first-order valence-corrected chi connectivity index (χ1v) is 12.4. The maximum atomic E-state index is 11.2. The van der Waals surface area contributed by atoms with Gasteiger partial charge in [-0.25, -0.2) is 0 Å². The Morgan fingerprint density at radius 3 is 2.57 bits per heavy atom. The number of aromatic nitrogens is 2. The second-order valence-electron chi connectivity index (χ2n) is 9.48. The van der Waals surface area contributed by atoms with Crippen molar-refractivity contribution in [1.82, 2.24) is 10.2 Å². The maximum Gasteiger partial charge on any atom is 0.302 e. The van der Waals surface area contributed by atoms with Gasteiger partial charge in [0.1, 0.15) is 19.3 Å². The standard InChI is InChI=1S/C28H32N2O5/c1-18(34-19(2)31)20-7-9-21(10-8-20)22-11-13-23(14-12-22)25-15-28(30-29-25)33-17-24-16-32-26-5-3-4-6-27(26)35-24/h3-6,11-15,18,20-21,24H,7-10,16-17H2,1-2H3,(H,29,30). The number of ether oxygens (including phenoxy) is 4. The highest BCUT2D eigenvalue weighted by Gasteiger charge is 2.27. The maximum absolute atomic E-state index is 11.2. The molecule has 7 nitrogen and oxygen atoms in total. The van der Waals surface area contributed by atoms with Crippen molar-refractivity contribution < 1.29 is 23.7 Å². The van der Waals surface area contributed by atoms with Crippen LogP contribution in [-0.2, 0) is 9.53 Å². The van der Waals surface area contributed by atoms with Gasteiger partial charge in [0.2, 0.25) is 5.88 Å². The molecular formula is C28H32N2O5. The van der Waals surface area contributed by atoms with E-state index in [9.17, 15) is 4.79 Å². The van der Waals surface area contributed by atoms with Crippen molar-refractivity contribution in [2.45, 2.75) is 57.7 Å². The minimum absolute atomic E-state index is 0.000584. The number of hydrogen-bond donors (Lipinski definition) is 1. The van der Waals surface area contributed by atoms with E-state index < -0.39 is 0 Å². The Kier molecular flexibility index (Phi) is 6.93. The Morgan fingerprint density at radius 1 is 1.09 bits per heavy atom. The van der Waals surface area contributed by atoms with Crippen molar-refractivity contribution in [3.63, 3.8) is 0 Å². The van der Waals surface area contributed by atoms with Crippen molar-refractivity contribution in [2.75, 3.05) is 13.2 Å². The first-order chi connectivity index (χ1) is 17.0. The summed E-state index contributed by atoms with van der Waals surface area (Å²) < 4.78 is 22.9. The van der Waals surface area contributed by atoms with Crippen LogP contribution in [0.4, 0.5) is 0 Å². The van der Waals surface area contributed by atoms with Crippen LogP contribution in [-0.4, -0.2) is 41.6 Å². The van der Waals surface area contributed by atoms with Crippen LogP contribution in [0.3, 0.4) is 0 Å². The van der Waals surface area contributed by atoms with Crippen LogP contribution in [0.15, 0.2) is 54.6 Å². The van der Waals surface area contributed by atoms with E-state index in [1.807, 2.05) is 37.3 Å². The molecule has 0 bridgehead atoms. The van der Waals surface area contributed by atoms with Crippen molar-refractivity contribution in [1.29, 1.82) is 0 Å². The van der Waals surface area contributed by atoms with Crippen LogP contribution < -0.4 is 14.2 Å². The normalized spacial score (nSPS) is 22.3. The van der Waals surface area contributed by atoms with Crippen LogP contribution in [0.1, 0.15) is 51.0 Å². The number of H-pyrrole nitrogens is 1. The minimum atomic E-state index is -0.190. The number of rotatable bonds is 7. The molecule has 0 saturated heterocycles. The highest BCUT2D eigenvalue weighted by molar-refractivity contribution is 5.66. The van der Waals surface area contributed by atoms with Gasteiger partial charge in [0, 0.05) is 13.0 Å². The quantitative estimate of drug-likeness (QED) is 0.452. The number of nitrogens with one attached hydrogen (secondary N) is 1. The zero-order valence-corrected chi connectivity index (χ0v) is 20.2. The average Bonchev–Trinajstić information content (AvgIpc) is 3.36. The number of carbonyl (C=O) groups is 1. The van der Waals surface area contributed by atoms with E-state index >= 15 is 0 Å². The molecule has 2 heterocycles. The highest BCUT2D eigenvalue weighted by atomic mass is 16.6. The highest BCUT2D eigenvalue weighted by Crippen LogP contribution is 2.38. The van der Waals surface area contributed by atoms with Gasteiger partial charge in [-0.05, 0) is 67.7 Å². The molecule has 2 aliphatic rings. The average molecular weight is 477 g/mol. The third-order valence-electron chi connectivity index (χ3n) is 7.02. The molecule has 1 aromatic heterocycles. The van der Waals surface area contributed by atoms with Gasteiger partial charge in [0.05, 0.1) is 5.69 Å². The second kappa shape index (κ2) is 10.4. The lowest BCUT2D eigenvalue weighted by atomic mass is 9.77. The molecule has 7 heteroatoms. The van der Waals surface area contributed by atoms with Crippen molar-refractivity contribution in [3.8, 4) is 28.6 Å². The molecule has 2 aromatic carbocycles. The predicted octanol–water partition coefficient (Wildman–Crippen LogP) is 5.52. The molecule has 1 fully saturated rings. The van der Waals surface area contributed by atoms with Crippen LogP contribution in [0.5, 0.6) is 17.4 Å². The van der Waals surface area contributed by atoms with E-state index in [1.54, 1.807) is 0 Å². The third-order valence-corrected chi connectivity index (χ3v) is 7.02. The molecule has 5 rings (SSSR count). The lowest BCUT2D eigenvalue weighted by Crippen LogP contribution is -2.34. The fourth-order valence-corrected chi connectivity index (χ4v) is 5.06. The summed E-state index contributed by atoms with van der Waals surface area (Å²) >= 11 is 0. The summed E-state index contributed by atoms with van der Waals surface area (Å²) in [5.41, 5.74) is 3.34. The molecule has 1 aliphatic carbocycles. The van der Waals surface area contributed by atoms with Gasteiger partial charge in [-0.2, -0.15) is 0 Å².